The maximum Gasteiger partial charge on any atom is 0.0718 e. The monoisotopic (exact) mass is 327 g/mol. The van der Waals surface area contributed by atoms with E-state index < -0.39 is 6.10 Å². The molecule has 1 aromatic rings. The number of benzene rings is 1. The van der Waals surface area contributed by atoms with Crippen LogP contribution in [0.5, 0.6) is 0 Å². The number of hydrogen-bond donors (Lipinski definition) is 2. The van der Waals surface area contributed by atoms with Crippen molar-refractivity contribution in [2.75, 3.05) is 0 Å². The number of oxime groups is 1. The first kappa shape index (κ1) is 15.1. The molecule has 0 radical (unpaired) electrons. The van der Waals surface area contributed by atoms with E-state index in [1.165, 1.54) is 0 Å². The van der Waals surface area contributed by atoms with Gasteiger partial charge in [-0.1, -0.05) is 40.8 Å². The molecule has 2 aliphatic rings. The van der Waals surface area contributed by atoms with Crippen LogP contribution in [0.25, 0.3) is 0 Å². The van der Waals surface area contributed by atoms with Gasteiger partial charge in [0, 0.05) is 11.3 Å². The summed E-state index contributed by atoms with van der Waals surface area (Å²) in [7, 11) is 0. The van der Waals surface area contributed by atoms with Crippen molar-refractivity contribution < 1.29 is 10.3 Å². The van der Waals surface area contributed by atoms with Crippen LogP contribution in [0.2, 0.25) is 10.0 Å². The maximum absolute atomic E-state index is 11.0. The molecule has 1 aromatic carbocycles. The van der Waals surface area contributed by atoms with Crippen LogP contribution in [-0.2, 0) is 5.41 Å². The van der Waals surface area contributed by atoms with Crippen LogP contribution in [-0.4, -0.2) is 22.1 Å². The SMILES string of the molecule is ON=C1CCC[C@@H]1[C@@H](O)C1(c2ccc(Cl)c(Cl)c2)CCC1. The van der Waals surface area contributed by atoms with Crippen LogP contribution in [0.3, 0.4) is 0 Å². The van der Waals surface area contributed by atoms with Gasteiger partial charge in [-0.15, -0.1) is 0 Å². The molecule has 0 aromatic heterocycles. The largest absolute Gasteiger partial charge is 0.411 e. The summed E-state index contributed by atoms with van der Waals surface area (Å²) in [5.74, 6) is -0.0512. The first-order chi connectivity index (χ1) is 10.1. The Morgan fingerprint density at radius 1 is 1.19 bits per heavy atom. The second kappa shape index (κ2) is 5.79. The second-order valence-corrected chi connectivity index (χ2v) is 6.99. The van der Waals surface area contributed by atoms with E-state index in [0.29, 0.717) is 10.0 Å². The molecule has 21 heavy (non-hydrogen) atoms. The molecule has 0 bridgehead atoms. The molecule has 0 aliphatic heterocycles. The lowest BCUT2D eigenvalue weighted by Crippen LogP contribution is -2.50. The number of aliphatic hydroxyl groups excluding tert-OH is 1. The van der Waals surface area contributed by atoms with E-state index in [1.807, 2.05) is 12.1 Å². The highest BCUT2D eigenvalue weighted by molar-refractivity contribution is 6.42. The van der Waals surface area contributed by atoms with Crippen LogP contribution in [0.15, 0.2) is 23.4 Å². The normalized spacial score (nSPS) is 27.6. The molecule has 0 saturated heterocycles. The lowest BCUT2D eigenvalue weighted by atomic mass is 9.58. The predicted molar refractivity (Wildman–Crippen MR) is 84.6 cm³/mol. The zero-order valence-corrected chi connectivity index (χ0v) is 13.2. The fourth-order valence-electron chi connectivity index (χ4n) is 3.82. The van der Waals surface area contributed by atoms with Gasteiger partial charge in [0.15, 0.2) is 0 Å². The minimum absolute atomic E-state index is 0.0512. The predicted octanol–water partition coefficient (Wildman–Crippen LogP) is 4.41. The molecular weight excluding hydrogens is 309 g/mol. The topological polar surface area (TPSA) is 52.8 Å². The average molecular weight is 328 g/mol. The van der Waals surface area contributed by atoms with Crippen molar-refractivity contribution in [3.8, 4) is 0 Å². The quantitative estimate of drug-likeness (QED) is 0.638. The zero-order chi connectivity index (χ0) is 15.0. The molecule has 0 amide bonds. The molecule has 3 nitrogen and oxygen atoms in total. The Kier molecular flexibility index (Phi) is 4.17. The van der Waals surface area contributed by atoms with Gasteiger partial charge in [0.2, 0.25) is 0 Å². The fraction of sp³-hybridized carbons (Fsp3) is 0.562. The van der Waals surface area contributed by atoms with E-state index in [2.05, 4.69) is 5.16 Å². The minimum atomic E-state index is -0.531. The highest BCUT2D eigenvalue weighted by Crippen LogP contribution is 2.51. The highest BCUT2D eigenvalue weighted by Gasteiger charge is 2.49. The van der Waals surface area contributed by atoms with Crippen molar-refractivity contribution >= 4 is 28.9 Å². The third-order valence-corrected chi connectivity index (χ3v) is 5.93. The summed E-state index contributed by atoms with van der Waals surface area (Å²) in [6, 6.07) is 5.62. The average Bonchev–Trinajstić information content (AvgIpc) is 2.89. The van der Waals surface area contributed by atoms with Gasteiger partial charge in [-0.2, -0.15) is 0 Å². The summed E-state index contributed by atoms with van der Waals surface area (Å²) < 4.78 is 0. The molecule has 2 fully saturated rings. The lowest BCUT2D eigenvalue weighted by molar-refractivity contribution is 0.00422. The van der Waals surface area contributed by atoms with Crippen molar-refractivity contribution in [3.63, 3.8) is 0 Å². The maximum atomic E-state index is 11.0. The number of rotatable bonds is 3. The third kappa shape index (κ3) is 2.45. The van der Waals surface area contributed by atoms with Crippen LogP contribution >= 0.6 is 23.2 Å². The molecule has 5 heteroatoms. The summed E-state index contributed by atoms with van der Waals surface area (Å²) in [5, 5.41) is 24.5. The minimum Gasteiger partial charge on any atom is -0.411 e. The molecule has 0 spiro atoms. The Hall–Kier alpha value is -0.770. The van der Waals surface area contributed by atoms with E-state index in [4.69, 9.17) is 28.4 Å². The van der Waals surface area contributed by atoms with Crippen molar-refractivity contribution in [1.82, 2.24) is 0 Å². The van der Waals surface area contributed by atoms with Crippen LogP contribution in [0.4, 0.5) is 0 Å². The van der Waals surface area contributed by atoms with E-state index in [-0.39, 0.29) is 11.3 Å². The molecular formula is C16H19Cl2NO2. The van der Waals surface area contributed by atoms with Gasteiger partial charge in [-0.3, -0.25) is 0 Å². The molecule has 2 atom stereocenters. The fourth-order valence-corrected chi connectivity index (χ4v) is 4.12. The molecule has 2 aliphatic carbocycles. The summed E-state index contributed by atoms with van der Waals surface area (Å²) in [5.41, 5.74) is 1.49. The number of halogens is 2. The first-order valence-electron chi connectivity index (χ1n) is 7.43. The van der Waals surface area contributed by atoms with E-state index in [1.54, 1.807) is 6.07 Å². The summed E-state index contributed by atoms with van der Waals surface area (Å²) in [4.78, 5) is 0. The van der Waals surface area contributed by atoms with Crippen molar-refractivity contribution in [3.05, 3.63) is 33.8 Å². The number of hydrogen-bond acceptors (Lipinski definition) is 3. The van der Waals surface area contributed by atoms with Crippen molar-refractivity contribution in [1.29, 1.82) is 0 Å². The van der Waals surface area contributed by atoms with Gasteiger partial charge in [0.1, 0.15) is 0 Å². The number of nitrogens with zero attached hydrogens (tertiary/aromatic N) is 1. The molecule has 0 heterocycles. The summed E-state index contributed by atoms with van der Waals surface area (Å²) >= 11 is 12.1. The van der Waals surface area contributed by atoms with Gasteiger partial charge in [0.05, 0.1) is 21.9 Å². The summed E-state index contributed by atoms with van der Waals surface area (Å²) in [6.45, 7) is 0. The third-order valence-electron chi connectivity index (χ3n) is 5.19. The first-order valence-corrected chi connectivity index (χ1v) is 8.18. The Balaban J connectivity index is 1.94. The van der Waals surface area contributed by atoms with E-state index in [9.17, 15) is 5.11 Å². The highest BCUT2D eigenvalue weighted by atomic mass is 35.5. The Morgan fingerprint density at radius 2 is 1.95 bits per heavy atom. The Bertz CT molecular complexity index is 569. The van der Waals surface area contributed by atoms with Gasteiger partial charge < -0.3 is 10.3 Å². The van der Waals surface area contributed by atoms with Gasteiger partial charge >= 0.3 is 0 Å². The van der Waals surface area contributed by atoms with Crippen LogP contribution < -0.4 is 0 Å². The summed E-state index contributed by atoms with van der Waals surface area (Å²) in [6.07, 6.45) is 5.05. The molecule has 114 valence electrons. The molecule has 2 saturated carbocycles. The second-order valence-electron chi connectivity index (χ2n) is 6.17. The molecule has 3 rings (SSSR count). The molecule has 2 N–H and O–H groups in total. The van der Waals surface area contributed by atoms with Crippen molar-refractivity contribution in [2.45, 2.75) is 50.0 Å². The Morgan fingerprint density at radius 3 is 2.52 bits per heavy atom. The van der Waals surface area contributed by atoms with Crippen LogP contribution in [0, 0.1) is 5.92 Å². The van der Waals surface area contributed by atoms with Gasteiger partial charge in [-0.25, -0.2) is 0 Å². The smallest absolute Gasteiger partial charge is 0.0718 e. The van der Waals surface area contributed by atoms with Gasteiger partial charge in [0.25, 0.3) is 0 Å². The van der Waals surface area contributed by atoms with Crippen molar-refractivity contribution in [2.24, 2.45) is 11.1 Å². The lowest BCUT2D eigenvalue weighted by Gasteiger charge is -2.48. The standard InChI is InChI=1S/C16H19Cl2NO2/c17-12-6-5-10(9-13(12)18)16(7-2-8-16)15(20)11-3-1-4-14(11)19-21/h5-6,9,11,15,20-21H,1-4,7-8H2/t11-,15+/m0/s1. The van der Waals surface area contributed by atoms with Gasteiger partial charge in [-0.05, 0) is 49.8 Å². The Labute approximate surface area is 134 Å². The zero-order valence-electron chi connectivity index (χ0n) is 11.7. The number of aliphatic hydroxyl groups is 1. The van der Waals surface area contributed by atoms with Crippen LogP contribution in [0.1, 0.15) is 44.1 Å². The molecule has 0 unspecified atom stereocenters. The van der Waals surface area contributed by atoms with E-state index in [0.717, 1.165) is 49.8 Å². The van der Waals surface area contributed by atoms with E-state index >= 15 is 0 Å².